The van der Waals surface area contributed by atoms with E-state index in [1.165, 1.54) is 5.56 Å². The van der Waals surface area contributed by atoms with Crippen molar-refractivity contribution in [3.05, 3.63) is 35.9 Å². The van der Waals surface area contributed by atoms with E-state index in [1.807, 2.05) is 28.0 Å². The average molecular weight is 410 g/mol. The molecule has 2 N–H and O–H groups in total. The van der Waals surface area contributed by atoms with Crippen molar-refractivity contribution in [3.63, 3.8) is 0 Å². The van der Waals surface area contributed by atoms with Crippen LogP contribution in [0.3, 0.4) is 0 Å². The van der Waals surface area contributed by atoms with Gasteiger partial charge in [0.15, 0.2) is 0 Å². The summed E-state index contributed by atoms with van der Waals surface area (Å²) in [5.41, 5.74) is 6.69. The Balaban J connectivity index is 0.00000280. The van der Waals surface area contributed by atoms with E-state index in [0.29, 0.717) is 58.7 Å². The number of hydrogen-bond donors (Lipinski definition) is 1. The molecule has 0 aromatic heterocycles. The van der Waals surface area contributed by atoms with Crippen LogP contribution in [0.2, 0.25) is 0 Å². The summed E-state index contributed by atoms with van der Waals surface area (Å²) in [4.78, 5) is 29.6. The minimum atomic E-state index is -0.481. The van der Waals surface area contributed by atoms with Gasteiger partial charge in [-0.2, -0.15) is 0 Å². The zero-order valence-electron chi connectivity index (χ0n) is 16.5. The smallest absolute Gasteiger partial charge is 0.230 e. The maximum atomic E-state index is 13.1. The molecule has 2 aliphatic heterocycles. The number of hydrogen-bond acceptors (Lipinski definition) is 4. The number of rotatable bonds is 5. The molecule has 0 atom stereocenters. The molecule has 2 amide bonds. The fraction of sp³-hybridized carbons (Fsp3) is 0.619. The van der Waals surface area contributed by atoms with E-state index in [9.17, 15) is 9.59 Å². The van der Waals surface area contributed by atoms with Gasteiger partial charge in [-0.15, -0.1) is 12.4 Å². The number of benzene rings is 1. The zero-order valence-corrected chi connectivity index (χ0v) is 17.3. The molecule has 0 spiro atoms. The number of ether oxygens (including phenoxy) is 1. The molecule has 3 rings (SSSR count). The first kappa shape index (κ1) is 22.7. The van der Waals surface area contributed by atoms with Crippen molar-refractivity contribution in [2.24, 2.45) is 11.1 Å². The van der Waals surface area contributed by atoms with Crippen LogP contribution in [-0.4, -0.2) is 67.6 Å². The van der Waals surface area contributed by atoms with Gasteiger partial charge in [0.05, 0.1) is 5.41 Å². The van der Waals surface area contributed by atoms with Crippen molar-refractivity contribution in [2.75, 3.05) is 45.9 Å². The van der Waals surface area contributed by atoms with Crippen molar-refractivity contribution >= 4 is 24.2 Å². The second kappa shape index (κ2) is 10.8. The summed E-state index contributed by atoms with van der Waals surface area (Å²) in [5, 5.41) is 0. The molecule has 2 aliphatic rings. The van der Waals surface area contributed by atoms with E-state index >= 15 is 0 Å². The second-order valence-electron chi connectivity index (χ2n) is 7.61. The molecule has 1 aromatic carbocycles. The summed E-state index contributed by atoms with van der Waals surface area (Å²) in [5.74, 6) is 0.319. The maximum absolute atomic E-state index is 13.1. The first-order chi connectivity index (χ1) is 13.1. The highest BCUT2D eigenvalue weighted by atomic mass is 35.5. The number of aryl methyl sites for hydroxylation is 1. The van der Waals surface area contributed by atoms with Crippen LogP contribution in [0.1, 0.15) is 31.2 Å². The van der Waals surface area contributed by atoms with Gasteiger partial charge in [-0.05, 0) is 31.2 Å². The molecular weight excluding hydrogens is 378 g/mol. The largest absolute Gasteiger partial charge is 0.381 e. The molecule has 7 heteroatoms. The van der Waals surface area contributed by atoms with E-state index in [-0.39, 0.29) is 24.2 Å². The van der Waals surface area contributed by atoms with Crippen LogP contribution < -0.4 is 5.73 Å². The van der Waals surface area contributed by atoms with Crippen LogP contribution >= 0.6 is 12.4 Å². The van der Waals surface area contributed by atoms with E-state index in [1.54, 1.807) is 0 Å². The summed E-state index contributed by atoms with van der Waals surface area (Å²) < 4.78 is 5.42. The number of halogens is 1. The summed E-state index contributed by atoms with van der Waals surface area (Å²) in [7, 11) is 0. The van der Waals surface area contributed by atoms with Gasteiger partial charge in [-0.1, -0.05) is 30.3 Å². The van der Waals surface area contributed by atoms with Crippen LogP contribution in [0.15, 0.2) is 30.3 Å². The van der Waals surface area contributed by atoms with Crippen LogP contribution in [-0.2, 0) is 20.7 Å². The zero-order chi connectivity index (χ0) is 19.1. The first-order valence-electron chi connectivity index (χ1n) is 10.0. The standard InChI is InChI=1S/C21H31N3O3.ClH/c22-17-21(9-15-27-16-10-21)20(26)24-12-4-11-23(13-14-24)19(25)8-7-18-5-2-1-3-6-18;/h1-3,5-6H,4,7-17,22H2;1H. The summed E-state index contributed by atoms with van der Waals surface area (Å²) in [6.07, 6.45) is 3.48. The molecule has 0 radical (unpaired) electrons. The second-order valence-corrected chi connectivity index (χ2v) is 7.61. The third-order valence-electron chi connectivity index (χ3n) is 5.90. The van der Waals surface area contributed by atoms with Gasteiger partial charge in [0, 0.05) is 52.4 Å². The summed E-state index contributed by atoms with van der Waals surface area (Å²) >= 11 is 0. The van der Waals surface area contributed by atoms with Crippen molar-refractivity contribution in [1.82, 2.24) is 9.80 Å². The molecule has 2 fully saturated rings. The quantitative estimate of drug-likeness (QED) is 0.805. The van der Waals surface area contributed by atoms with Crippen molar-refractivity contribution in [3.8, 4) is 0 Å². The molecule has 1 aromatic rings. The van der Waals surface area contributed by atoms with Crippen LogP contribution in [0.4, 0.5) is 0 Å². The van der Waals surface area contributed by atoms with Crippen LogP contribution in [0, 0.1) is 5.41 Å². The number of amides is 2. The highest BCUT2D eigenvalue weighted by Gasteiger charge is 2.41. The summed E-state index contributed by atoms with van der Waals surface area (Å²) in [6.45, 7) is 4.18. The molecule has 2 heterocycles. The summed E-state index contributed by atoms with van der Waals surface area (Å²) in [6, 6.07) is 10.1. The van der Waals surface area contributed by atoms with Gasteiger partial charge in [0.25, 0.3) is 0 Å². The Morgan fingerprint density at radius 3 is 2.32 bits per heavy atom. The molecular formula is C21H32ClN3O3. The molecule has 2 saturated heterocycles. The Morgan fingerprint density at radius 1 is 1.00 bits per heavy atom. The van der Waals surface area contributed by atoms with E-state index in [0.717, 1.165) is 19.4 Å². The fourth-order valence-electron chi connectivity index (χ4n) is 4.03. The number of carbonyl (C=O) groups is 2. The fourth-order valence-corrected chi connectivity index (χ4v) is 4.03. The Kier molecular flexibility index (Phi) is 8.73. The Labute approximate surface area is 173 Å². The van der Waals surface area contributed by atoms with Crippen LogP contribution in [0.25, 0.3) is 0 Å². The molecule has 0 bridgehead atoms. The molecule has 28 heavy (non-hydrogen) atoms. The molecule has 0 unspecified atom stereocenters. The minimum Gasteiger partial charge on any atom is -0.381 e. The first-order valence-corrected chi connectivity index (χ1v) is 10.0. The number of nitrogens with two attached hydrogens (primary N) is 1. The minimum absolute atomic E-state index is 0. The lowest BCUT2D eigenvalue weighted by molar-refractivity contribution is -0.147. The normalized spacial score (nSPS) is 19.5. The van der Waals surface area contributed by atoms with Gasteiger partial charge < -0.3 is 20.3 Å². The SMILES string of the molecule is Cl.NCC1(C(=O)N2CCCN(C(=O)CCc3ccccc3)CC2)CCOCC1. The molecule has 0 aliphatic carbocycles. The third-order valence-corrected chi connectivity index (χ3v) is 5.90. The van der Waals surface area contributed by atoms with Gasteiger partial charge in [0.2, 0.25) is 11.8 Å². The highest BCUT2D eigenvalue weighted by molar-refractivity contribution is 5.85. The van der Waals surface area contributed by atoms with E-state index in [2.05, 4.69) is 12.1 Å². The van der Waals surface area contributed by atoms with Crippen LogP contribution in [0.5, 0.6) is 0 Å². The number of carbonyl (C=O) groups excluding carboxylic acids is 2. The van der Waals surface area contributed by atoms with Crippen molar-refractivity contribution in [2.45, 2.75) is 32.1 Å². The molecule has 156 valence electrons. The lowest BCUT2D eigenvalue weighted by Gasteiger charge is -2.38. The van der Waals surface area contributed by atoms with Crippen molar-refractivity contribution in [1.29, 1.82) is 0 Å². The third kappa shape index (κ3) is 5.46. The van der Waals surface area contributed by atoms with Crippen molar-refractivity contribution < 1.29 is 14.3 Å². The molecule has 0 saturated carbocycles. The Bertz CT molecular complexity index is 635. The molecule has 6 nitrogen and oxygen atoms in total. The predicted molar refractivity (Wildman–Crippen MR) is 111 cm³/mol. The van der Waals surface area contributed by atoms with E-state index < -0.39 is 5.41 Å². The predicted octanol–water partition coefficient (Wildman–Crippen LogP) is 1.86. The average Bonchev–Trinajstić information content (AvgIpc) is 2.99. The Morgan fingerprint density at radius 2 is 1.64 bits per heavy atom. The van der Waals surface area contributed by atoms with Gasteiger partial charge >= 0.3 is 0 Å². The van der Waals surface area contributed by atoms with Gasteiger partial charge in [-0.3, -0.25) is 9.59 Å². The topological polar surface area (TPSA) is 75.9 Å². The lowest BCUT2D eigenvalue weighted by Crippen LogP contribution is -2.51. The highest BCUT2D eigenvalue weighted by Crippen LogP contribution is 2.32. The maximum Gasteiger partial charge on any atom is 0.230 e. The lowest BCUT2D eigenvalue weighted by atomic mass is 9.79. The monoisotopic (exact) mass is 409 g/mol. The Hall–Kier alpha value is -1.63. The van der Waals surface area contributed by atoms with E-state index in [4.69, 9.17) is 10.5 Å². The number of nitrogens with zero attached hydrogens (tertiary/aromatic N) is 2. The van der Waals surface area contributed by atoms with Gasteiger partial charge in [0.1, 0.15) is 0 Å². The van der Waals surface area contributed by atoms with Gasteiger partial charge in [-0.25, -0.2) is 0 Å².